The molecule has 0 bridgehead atoms. The van der Waals surface area contributed by atoms with Crippen LogP contribution in [0.2, 0.25) is 0 Å². The van der Waals surface area contributed by atoms with Gasteiger partial charge in [-0.05, 0) is 12.1 Å². The number of carbonyl (C=O) groups excluding carboxylic acids is 1. The number of carbonyl (C=O) groups is 1. The molecule has 0 amide bonds. The first-order valence-corrected chi connectivity index (χ1v) is 6.01. The number of aryl methyl sites for hydroxylation is 1. The van der Waals surface area contributed by atoms with Gasteiger partial charge in [0.1, 0.15) is 5.75 Å². The molecule has 0 fully saturated rings. The second-order valence-corrected chi connectivity index (χ2v) is 4.25. The number of para-hydroxylation sites is 1. The molecule has 104 valence electrons. The molecule has 20 heavy (non-hydrogen) atoms. The first-order valence-electron chi connectivity index (χ1n) is 6.01. The average Bonchev–Trinajstić information content (AvgIpc) is 2.49. The Morgan fingerprint density at radius 3 is 2.50 bits per heavy atom. The zero-order chi connectivity index (χ0) is 14.7. The predicted octanol–water partition coefficient (Wildman–Crippen LogP) is 1.85. The fraction of sp³-hybridized carbons (Fsp3) is 0.200. The second-order valence-electron chi connectivity index (χ2n) is 4.25. The molecular formula is C15H15NO4. The number of hydrogen-bond acceptors (Lipinski definition) is 4. The summed E-state index contributed by atoms with van der Waals surface area (Å²) in [6.45, 7) is 0. The van der Waals surface area contributed by atoms with Crippen molar-refractivity contribution in [2.24, 2.45) is 7.05 Å². The minimum Gasteiger partial charge on any atom is -0.496 e. The Bertz CT molecular complexity index is 703. The van der Waals surface area contributed by atoms with Crippen LogP contribution < -0.4 is 10.3 Å². The van der Waals surface area contributed by atoms with Gasteiger partial charge in [-0.1, -0.05) is 18.2 Å². The van der Waals surface area contributed by atoms with E-state index < -0.39 is 5.97 Å². The summed E-state index contributed by atoms with van der Waals surface area (Å²) < 4.78 is 11.3. The van der Waals surface area contributed by atoms with Crippen LogP contribution in [0.15, 0.2) is 41.3 Å². The molecule has 0 N–H and O–H groups in total. The van der Waals surface area contributed by atoms with Crippen LogP contribution in [0.3, 0.4) is 0 Å². The first kappa shape index (κ1) is 13.9. The van der Waals surface area contributed by atoms with Crippen LogP contribution in [0.25, 0.3) is 11.1 Å². The van der Waals surface area contributed by atoms with Crippen LogP contribution in [0, 0.1) is 0 Å². The molecular weight excluding hydrogens is 258 g/mol. The van der Waals surface area contributed by atoms with E-state index in [4.69, 9.17) is 9.47 Å². The van der Waals surface area contributed by atoms with Gasteiger partial charge in [0.05, 0.1) is 25.3 Å². The normalized spacial score (nSPS) is 10.2. The first-order chi connectivity index (χ1) is 9.58. The number of ether oxygens (including phenoxy) is 2. The summed E-state index contributed by atoms with van der Waals surface area (Å²) in [5.74, 6) is 0.0864. The molecule has 0 saturated heterocycles. The number of aromatic nitrogens is 1. The lowest BCUT2D eigenvalue weighted by Crippen LogP contribution is -2.20. The zero-order valence-corrected chi connectivity index (χ0v) is 11.5. The molecule has 1 aromatic carbocycles. The highest BCUT2D eigenvalue weighted by Crippen LogP contribution is 2.27. The number of pyridine rings is 1. The van der Waals surface area contributed by atoms with Crippen LogP contribution in [0.4, 0.5) is 0 Å². The van der Waals surface area contributed by atoms with Crippen LogP contribution >= 0.6 is 0 Å². The lowest BCUT2D eigenvalue weighted by molar-refractivity contribution is 0.0600. The van der Waals surface area contributed by atoms with Crippen LogP contribution in [0.1, 0.15) is 10.4 Å². The molecule has 0 unspecified atom stereocenters. The third kappa shape index (κ3) is 2.42. The number of benzene rings is 1. The summed E-state index contributed by atoms with van der Waals surface area (Å²) >= 11 is 0. The van der Waals surface area contributed by atoms with Crippen molar-refractivity contribution in [2.45, 2.75) is 0 Å². The fourth-order valence-electron chi connectivity index (χ4n) is 2.00. The lowest BCUT2D eigenvalue weighted by atomic mass is 10.0. The molecule has 1 aromatic heterocycles. The van der Waals surface area contributed by atoms with Crippen molar-refractivity contribution in [3.05, 3.63) is 52.4 Å². The second kappa shape index (κ2) is 5.61. The minimum absolute atomic E-state index is 0.206. The molecule has 0 aliphatic carbocycles. The topological polar surface area (TPSA) is 57.5 Å². The third-order valence-electron chi connectivity index (χ3n) is 3.00. The average molecular weight is 273 g/mol. The molecule has 0 aliphatic heterocycles. The van der Waals surface area contributed by atoms with E-state index in [1.807, 2.05) is 12.1 Å². The molecule has 0 radical (unpaired) electrons. The number of esters is 1. The summed E-state index contributed by atoms with van der Waals surface area (Å²) in [6, 6.07) is 8.68. The highest BCUT2D eigenvalue weighted by atomic mass is 16.5. The molecule has 2 aromatic rings. The van der Waals surface area contributed by atoms with Crippen LogP contribution in [0.5, 0.6) is 5.75 Å². The van der Waals surface area contributed by atoms with Crippen molar-refractivity contribution in [3.8, 4) is 16.9 Å². The number of hydrogen-bond donors (Lipinski definition) is 0. The van der Waals surface area contributed by atoms with Gasteiger partial charge < -0.3 is 14.0 Å². The van der Waals surface area contributed by atoms with E-state index in [0.717, 1.165) is 0 Å². The van der Waals surface area contributed by atoms with Crippen LogP contribution in [-0.4, -0.2) is 24.8 Å². The van der Waals surface area contributed by atoms with Gasteiger partial charge >= 0.3 is 5.97 Å². The summed E-state index contributed by atoms with van der Waals surface area (Å²) in [4.78, 5) is 23.9. The molecule has 0 spiro atoms. The van der Waals surface area contributed by atoms with E-state index in [9.17, 15) is 9.59 Å². The van der Waals surface area contributed by atoms with Gasteiger partial charge in [-0.25, -0.2) is 4.79 Å². The van der Waals surface area contributed by atoms with Gasteiger partial charge in [-0.2, -0.15) is 0 Å². The summed E-state index contributed by atoms with van der Waals surface area (Å²) in [5.41, 5.74) is 1.15. The molecule has 0 aliphatic rings. The number of nitrogens with zero attached hydrogens (tertiary/aromatic N) is 1. The fourth-order valence-corrected chi connectivity index (χ4v) is 2.00. The van der Waals surface area contributed by atoms with Gasteiger partial charge in [0.25, 0.3) is 5.56 Å². The summed E-state index contributed by atoms with van der Waals surface area (Å²) in [6.07, 6.45) is 1.45. The Hall–Kier alpha value is -2.56. The summed E-state index contributed by atoms with van der Waals surface area (Å²) in [7, 11) is 4.43. The van der Waals surface area contributed by atoms with Gasteiger partial charge in [0, 0.05) is 18.8 Å². The molecule has 2 rings (SSSR count). The van der Waals surface area contributed by atoms with Gasteiger partial charge in [-0.15, -0.1) is 0 Å². The van der Waals surface area contributed by atoms with Gasteiger partial charge in [0.15, 0.2) is 0 Å². The van der Waals surface area contributed by atoms with Crippen LogP contribution in [-0.2, 0) is 11.8 Å². The van der Waals surface area contributed by atoms with Crippen molar-refractivity contribution >= 4 is 5.97 Å². The largest absolute Gasteiger partial charge is 0.496 e. The lowest BCUT2D eigenvalue weighted by Gasteiger charge is -2.10. The van der Waals surface area contributed by atoms with Crippen molar-refractivity contribution < 1.29 is 14.3 Å². The van der Waals surface area contributed by atoms with Crippen molar-refractivity contribution in [2.75, 3.05) is 14.2 Å². The minimum atomic E-state index is -0.489. The number of methoxy groups -OCH3 is 2. The van der Waals surface area contributed by atoms with E-state index in [-0.39, 0.29) is 5.56 Å². The highest BCUT2D eigenvalue weighted by Gasteiger charge is 2.15. The SMILES string of the molecule is COC(=O)c1cc(-c2ccccc2OC)c(=O)n(C)c1. The van der Waals surface area contributed by atoms with E-state index in [1.54, 1.807) is 19.2 Å². The highest BCUT2D eigenvalue weighted by molar-refractivity contribution is 5.90. The molecule has 1 heterocycles. The smallest absolute Gasteiger partial charge is 0.339 e. The third-order valence-corrected chi connectivity index (χ3v) is 3.00. The Kier molecular flexibility index (Phi) is 3.89. The summed E-state index contributed by atoms with van der Waals surface area (Å²) in [5, 5.41) is 0. The van der Waals surface area contributed by atoms with E-state index in [1.165, 1.54) is 31.0 Å². The molecule has 5 heteroatoms. The maximum atomic E-state index is 12.3. The Balaban J connectivity index is 2.70. The maximum Gasteiger partial charge on any atom is 0.339 e. The Labute approximate surface area is 116 Å². The van der Waals surface area contributed by atoms with E-state index >= 15 is 0 Å². The quantitative estimate of drug-likeness (QED) is 0.801. The van der Waals surface area contributed by atoms with Crippen molar-refractivity contribution in [1.82, 2.24) is 4.57 Å². The van der Waals surface area contributed by atoms with E-state index in [2.05, 4.69) is 0 Å². The van der Waals surface area contributed by atoms with Gasteiger partial charge in [-0.3, -0.25) is 4.79 Å². The Morgan fingerprint density at radius 1 is 1.15 bits per heavy atom. The number of rotatable bonds is 3. The zero-order valence-electron chi connectivity index (χ0n) is 11.5. The monoisotopic (exact) mass is 273 g/mol. The predicted molar refractivity (Wildman–Crippen MR) is 75.0 cm³/mol. The molecule has 0 atom stereocenters. The maximum absolute atomic E-state index is 12.3. The Morgan fingerprint density at radius 2 is 1.85 bits per heavy atom. The van der Waals surface area contributed by atoms with E-state index in [0.29, 0.717) is 22.4 Å². The van der Waals surface area contributed by atoms with Crippen molar-refractivity contribution in [1.29, 1.82) is 0 Å². The standard InChI is InChI=1S/C15H15NO4/c1-16-9-10(15(18)20-3)8-12(14(16)17)11-6-4-5-7-13(11)19-2/h4-9H,1-3H3. The molecule has 5 nitrogen and oxygen atoms in total. The van der Waals surface area contributed by atoms with Crippen molar-refractivity contribution in [3.63, 3.8) is 0 Å². The molecule has 0 saturated carbocycles. The van der Waals surface area contributed by atoms with Gasteiger partial charge in [0.2, 0.25) is 0 Å².